The van der Waals surface area contributed by atoms with Crippen LogP contribution in [0.4, 0.5) is 4.79 Å². The van der Waals surface area contributed by atoms with Gasteiger partial charge in [0.15, 0.2) is 6.29 Å². The molecule has 2 amide bonds. The van der Waals surface area contributed by atoms with E-state index in [4.69, 9.17) is 21.1 Å². The fourth-order valence-electron chi connectivity index (χ4n) is 11.2. The van der Waals surface area contributed by atoms with Crippen LogP contribution in [0, 0.1) is 23.7 Å². The zero-order valence-corrected chi connectivity index (χ0v) is 33.7. The molecule has 4 atom stereocenters. The Labute approximate surface area is 341 Å². The topological polar surface area (TPSA) is 103 Å². The first-order valence-electron chi connectivity index (χ1n) is 21.1. The number of amides is 2. The predicted molar refractivity (Wildman–Crippen MR) is 222 cm³/mol. The van der Waals surface area contributed by atoms with Gasteiger partial charge in [-0.25, -0.2) is 4.79 Å². The summed E-state index contributed by atoms with van der Waals surface area (Å²) in [5.74, 6) is 2.40. The van der Waals surface area contributed by atoms with Crippen molar-refractivity contribution in [2.45, 2.75) is 101 Å². The summed E-state index contributed by atoms with van der Waals surface area (Å²) in [7, 11) is 0. The largest absolute Gasteiger partial charge is 0.392 e. The summed E-state index contributed by atoms with van der Waals surface area (Å²) in [6.45, 7) is 4.86. The van der Waals surface area contributed by atoms with Gasteiger partial charge < -0.3 is 35.2 Å². The molecule has 8 nitrogen and oxygen atoms in total. The number of urea groups is 1. The molecular formula is C48H56ClN3O5. The van der Waals surface area contributed by atoms with Crippen LogP contribution in [0.5, 0.6) is 0 Å². The maximum Gasteiger partial charge on any atom is 0.315 e. The standard InChI is InChI=1S/C48H56ClN3O5/c1-31-43(29-52-18-16-48(55,17-19-52)41-12-14-42(49)15-13-41)56-45(57-44(31)37-10-8-32(30-53)9-11-37)40-7-3-6-39(24-40)38-5-2-4-33(23-38)28-50-46(54)51-47-25-34-20-35(26-47)22-36(21-34)27-47/h2-15,23-24,31,34-36,43-45,53,55H,16-22,25-30H2,1H3,(H2,50,51,54). The van der Waals surface area contributed by atoms with Crippen molar-refractivity contribution in [2.24, 2.45) is 23.7 Å². The molecule has 4 aliphatic carbocycles. The van der Waals surface area contributed by atoms with Gasteiger partial charge in [-0.3, -0.25) is 0 Å². The lowest BCUT2D eigenvalue weighted by molar-refractivity contribution is -0.277. The number of halogens is 1. The van der Waals surface area contributed by atoms with E-state index in [2.05, 4.69) is 83.1 Å². The monoisotopic (exact) mass is 789 g/mol. The van der Waals surface area contributed by atoms with Crippen LogP contribution >= 0.6 is 11.6 Å². The molecule has 57 heavy (non-hydrogen) atoms. The molecule has 2 aliphatic heterocycles. The van der Waals surface area contributed by atoms with Gasteiger partial charge in [0.1, 0.15) is 0 Å². The summed E-state index contributed by atoms with van der Waals surface area (Å²) in [6.07, 6.45) is 7.78. The summed E-state index contributed by atoms with van der Waals surface area (Å²) < 4.78 is 13.7. The number of aliphatic hydroxyl groups is 2. The highest BCUT2D eigenvalue weighted by atomic mass is 35.5. The maximum atomic E-state index is 13.2. The van der Waals surface area contributed by atoms with Crippen LogP contribution in [0.2, 0.25) is 5.02 Å². The molecule has 4 unspecified atom stereocenters. The fourth-order valence-corrected chi connectivity index (χ4v) is 11.3. The van der Waals surface area contributed by atoms with Crippen molar-refractivity contribution in [3.8, 4) is 11.1 Å². The number of benzene rings is 4. The van der Waals surface area contributed by atoms with E-state index in [0.717, 1.165) is 89.0 Å². The minimum Gasteiger partial charge on any atom is -0.392 e. The van der Waals surface area contributed by atoms with E-state index in [1.54, 1.807) is 0 Å². The predicted octanol–water partition coefficient (Wildman–Crippen LogP) is 9.04. The molecule has 0 radical (unpaired) electrons. The number of hydrogen-bond acceptors (Lipinski definition) is 6. The first-order valence-corrected chi connectivity index (χ1v) is 21.5. The average molecular weight is 790 g/mol. The van der Waals surface area contributed by atoms with Crippen molar-refractivity contribution in [2.75, 3.05) is 19.6 Å². The molecular weight excluding hydrogens is 734 g/mol. The van der Waals surface area contributed by atoms with Crippen LogP contribution in [0.1, 0.15) is 98.5 Å². The first-order chi connectivity index (χ1) is 27.6. The number of carbonyl (C=O) groups is 1. The molecule has 300 valence electrons. The van der Waals surface area contributed by atoms with Gasteiger partial charge in [-0.2, -0.15) is 0 Å². The number of carbonyl (C=O) groups excluding carboxylic acids is 1. The zero-order chi connectivity index (χ0) is 39.1. The van der Waals surface area contributed by atoms with Crippen LogP contribution < -0.4 is 10.6 Å². The van der Waals surface area contributed by atoms with Crippen molar-refractivity contribution < 1.29 is 24.5 Å². The Balaban J connectivity index is 0.888. The second-order valence-electron chi connectivity index (χ2n) is 18.0. The van der Waals surface area contributed by atoms with Gasteiger partial charge in [0.25, 0.3) is 0 Å². The van der Waals surface area contributed by atoms with Crippen molar-refractivity contribution in [1.29, 1.82) is 0 Å². The maximum absolute atomic E-state index is 13.2. The van der Waals surface area contributed by atoms with Crippen molar-refractivity contribution in [3.05, 3.63) is 130 Å². The minimum atomic E-state index is -0.878. The minimum absolute atomic E-state index is 0.00780. The van der Waals surface area contributed by atoms with Crippen LogP contribution in [-0.4, -0.2) is 52.4 Å². The molecule has 4 aromatic carbocycles. The molecule has 2 saturated heterocycles. The lowest BCUT2D eigenvalue weighted by Crippen LogP contribution is -2.61. The molecule has 4 aromatic rings. The molecule has 4 N–H and O–H groups in total. The number of piperidine rings is 1. The molecule has 9 heteroatoms. The Morgan fingerprint density at radius 2 is 1.46 bits per heavy atom. The number of likely N-dealkylation sites (tertiary alicyclic amines) is 1. The van der Waals surface area contributed by atoms with Crippen LogP contribution in [0.15, 0.2) is 97.1 Å². The van der Waals surface area contributed by atoms with Crippen LogP contribution in [-0.2, 0) is 28.2 Å². The lowest BCUT2D eigenvalue weighted by atomic mass is 9.53. The van der Waals surface area contributed by atoms with Gasteiger partial charge in [-0.15, -0.1) is 0 Å². The summed E-state index contributed by atoms with van der Waals surface area (Å²) in [5.41, 5.74) is 6.04. The molecule has 6 aliphatic rings. The first kappa shape index (κ1) is 38.7. The Bertz CT molecular complexity index is 2000. The van der Waals surface area contributed by atoms with E-state index in [-0.39, 0.29) is 36.3 Å². The summed E-state index contributed by atoms with van der Waals surface area (Å²) >= 11 is 6.14. The Morgan fingerprint density at radius 1 is 0.807 bits per heavy atom. The number of nitrogens with one attached hydrogen (secondary N) is 2. The zero-order valence-electron chi connectivity index (χ0n) is 32.9. The van der Waals surface area contributed by atoms with Gasteiger partial charge in [0.2, 0.25) is 0 Å². The molecule has 4 bridgehead atoms. The van der Waals surface area contributed by atoms with Gasteiger partial charge >= 0.3 is 6.03 Å². The highest BCUT2D eigenvalue weighted by Gasteiger charge is 2.51. The molecule has 4 saturated carbocycles. The number of hydrogen-bond donors (Lipinski definition) is 4. The van der Waals surface area contributed by atoms with E-state index < -0.39 is 11.9 Å². The number of rotatable bonds is 10. The van der Waals surface area contributed by atoms with Gasteiger partial charge in [0.05, 0.1) is 24.4 Å². The molecule has 0 spiro atoms. The Kier molecular flexibility index (Phi) is 11.0. The van der Waals surface area contributed by atoms with Crippen LogP contribution in [0.3, 0.4) is 0 Å². The summed E-state index contributed by atoms with van der Waals surface area (Å²) in [6, 6.07) is 32.3. The highest BCUT2D eigenvalue weighted by Crippen LogP contribution is 2.55. The SMILES string of the molecule is CC1C(CN2CCC(O)(c3ccc(Cl)cc3)CC2)OC(c2cccc(-c3cccc(CNC(=O)NC45CC6CC(CC(C6)C4)C5)c3)c2)OC1c1ccc(CO)cc1. The second-order valence-corrected chi connectivity index (χ2v) is 18.4. The Morgan fingerprint density at radius 3 is 2.12 bits per heavy atom. The Hall–Kier alpha value is -3.76. The van der Waals surface area contributed by atoms with E-state index in [1.165, 1.54) is 19.3 Å². The summed E-state index contributed by atoms with van der Waals surface area (Å²) in [5, 5.41) is 28.6. The lowest BCUT2D eigenvalue weighted by Gasteiger charge is -2.56. The van der Waals surface area contributed by atoms with Crippen molar-refractivity contribution in [1.82, 2.24) is 15.5 Å². The molecule has 0 aromatic heterocycles. The van der Waals surface area contributed by atoms with E-state index in [0.29, 0.717) is 31.0 Å². The smallest absolute Gasteiger partial charge is 0.315 e. The van der Waals surface area contributed by atoms with Gasteiger partial charge in [0, 0.05) is 48.2 Å². The van der Waals surface area contributed by atoms with E-state index in [9.17, 15) is 15.0 Å². The highest BCUT2D eigenvalue weighted by molar-refractivity contribution is 6.30. The average Bonchev–Trinajstić information content (AvgIpc) is 3.21. The second kappa shape index (κ2) is 16.1. The van der Waals surface area contributed by atoms with Crippen molar-refractivity contribution >= 4 is 17.6 Å². The van der Waals surface area contributed by atoms with Crippen LogP contribution in [0.25, 0.3) is 11.1 Å². The van der Waals surface area contributed by atoms with E-state index in [1.807, 2.05) is 36.4 Å². The van der Waals surface area contributed by atoms with Gasteiger partial charge in [-0.05, 0) is 127 Å². The third-order valence-electron chi connectivity index (χ3n) is 13.9. The summed E-state index contributed by atoms with van der Waals surface area (Å²) in [4.78, 5) is 15.6. The quantitative estimate of drug-likeness (QED) is 0.128. The van der Waals surface area contributed by atoms with E-state index >= 15 is 0 Å². The number of aliphatic hydroxyl groups excluding tert-OH is 1. The fraction of sp³-hybridized carbons (Fsp3) is 0.479. The number of nitrogens with zero attached hydrogens (tertiary/aromatic N) is 1. The van der Waals surface area contributed by atoms with Gasteiger partial charge in [-0.1, -0.05) is 91.3 Å². The molecule has 10 rings (SSSR count). The molecule has 6 fully saturated rings. The normalized spacial score (nSPS) is 30.6. The molecule has 2 heterocycles. The van der Waals surface area contributed by atoms with Crippen molar-refractivity contribution in [3.63, 3.8) is 0 Å². The third kappa shape index (κ3) is 8.41. The number of ether oxygens (including phenoxy) is 2. The third-order valence-corrected chi connectivity index (χ3v) is 14.2.